The van der Waals surface area contributed by atoms with Crippen LogP contribution in [0.2, 0.25) is 0 Å². The Morgan fingerprint density at radius 2 is 1.71 bits per heavy atom. The SMILES string of the molecule is FC=CC[C@H]1CC[C@H](c2ccc(F)cc2)CC1. The number of allylic oxidation sites excluding steroid dienone is 1. The highest BCUT2D eigenvalue weighted by Crippen LogP contribution is 2.37. The van der Waals surface area contributed by atoms with Gasteiger partial charge in [-0.3, -0.25) is 0 Å². The van der Waals surface area contributed by atoms with Crippen LogP contribution in [0.1, 0.15) is 43.6 Å². The summed E-state index contributed by atoms with van der Waals surface area (Å²) in [7, 11) is 0. The van der Waals surface area contributed by atoms with E-state index in [1.54, 1.807) is 6.08 Å². The summed E-state index contributed by atoms with van der Waals surface area (Å²) in [6.07, 6.45) is 7.67. The van der Waals surface area contributed by atoms with Gasteiger partial charge in [0.25, 0.3) is 0 Å². The molecule has 1 aliphatic rings. The van der Waals surface area contributed by atoms with Gasteiger partial charge in [0.2, 0.25) is 0 Å². The van der Waals surface area contributed by atoms with Crippen LogP contribution in [-0.4, -0.2) is 0 Å². The molecule has 2 rings (SSSR count). The molecule has 0 amide bonds. The molecule has 0 bridgehead atoms. The zero-order valence-electron chi connectivity index (χ0n) is 9.91. The monoisotopic (exact) mass is 236 g/mol. The van der Waals surface area contributed by atoms with Crippen LogP contribution in [0.3, 0.4) is 0 Å². The molecule has 0 unspecified atom stereocenters. The van der Waals surface area contributed by atoms with E-state index in [1.807, 2.05) is 12.1 Å². The summed E-state index contributed by atoms with van der Waals surface area (Å²) >= 11 is 0. The standard InChI is InChI=1S/C15H18F2/c16-11-1-2-12-3-5-13(6-4-12)14-7-9-15(17)10-8-14/h1,7-13H,2-6H2/t12-,13-. The molecule has 1 aliphatic carbocycles. The number of rotatable bonds is 3. The summed E-state index contributed by atoms with van der Waals surface area (Å²) in [6.45, 7) is 0. The molecular formula is C15H18F2. The first kappa shape index (κ1) is 12.3. The molecular weight excluding hydrogens is 218 g/mol. The third-order valence-electron chi connectivity index (χ3n) is 3.75. The van der Waals surface area contributed by atoms with Crippen LogP contribution in [0.4, 0.5) is 8.78 Å². The molecule has 0 nitrogen and oxygen atoms in total. The van der Waals surface area contributed by atoms with Crippen LogP contribution >= 0.6 is 0 Å². The van der Waals surface area contributed by atoms with Gasteiger partial charge in [0, 0.05) is 0 Å². The van der Waals surface area contributed by atoms with Gasteiger partial charge >= 0.3 is 0 Å². The van der Waals surface area contributed by atoms with Crippen molar-refractivity contribution in [3.63, 3.8) is 0 Å². The summed E-state index contributed by atoms with van der Waals surface area (Å²) in [4.78, 5) is 0. The van der Waals surface area contributed by atoms with E-state index < -0.39 is 0 Å². The Balaban J connectivity index is 1.88. The fraction of sp³-hybridized carbons (Fsp3) is 0.467. The van der Waals surface area contributed by atoms with Gasteiger partial charge in [-0.2, -0.15) is 0 Å². The molecule has 0 radical (unpaired) electrons. The molecule has 0 atom stereocenters. The summed E-state index contributed by atoms with van der Waals surface area (Å²) in [5, 5.41) is 0. The molecule has 0 aromatic heterocycles. The topological polar surface area (TPSA) is 0 Å². The fourth-order valence-electron chi connectivity index (χ4n) is 2.71. The van der Waals surface area contributed by atoms with E-state index in [2.05, 4.69) is 0 Å². The highest BCUT2D eigenvalue weighted by atomic mass is 19.1. The predicted octanol–water partition coefficient (Wildman–Crippen LogP) is 4.97. The maximum atomic E-state index is 12.8. The Labute approximate surface area is 101 Å². The first-order valence-electron chi connectivity index (χ1n) is 6.30. The lowest BCUT2D eigenvalue weighted by Gasteiger charge is -2.28. The third kappa shape index (κ3) is 3.39. The van der Waals surface area contributed by atoms with Crippen molar-refractivity contribution in [3.05, 3.63) is 48.1 Å². The summed E-state index contributed by atoms with van der Waals surface area (Å²) < 4.78 is 24.7. The van der Waals surface area contributed by atoms with Crippen molar-refractivity contribution in [3.8, 4) is 0 Å². The average Bonchev–Trinajstić information content (AvgIpc) is 2.38. The molecule has 0 heterocycles. The van der Waals surface area contributed by atoms with Crippen LogP contribution in [-0.2, 0) is 0 Å². The lowest BCUT2D eigenvalue weighted by atomic mass is 9.77. The highest BCUT2D eigenvalue weighted by Gasteiger charge is 2.21. The molecule has 2 heteroatoms. The molecule has 1 aromatic carbocycles. The lowest BCUT2D eigenvalue weighted by Crippen LogP contribution is -2.12. The van der Waals surface area contributed by atoms with E-state index in [-0.39, 0.29) is 5.82 Å². The number of benzene rings is 1. The van der Waals surface area contributed by atoms with Gasteiger partial charge < -0.3 is 0 Å². The minimum atomic E-state index is -0.171. The first-order chi connectivity index (χ1) is 8.29. The molecule has 0 saturated heterocycles. The second kappa shape index (κ2) is 5.95. The zero-order chi connectivity index (χ0) is 12.1. The Morgan fingerprint density at radius 3 is 2.29 bits per heavy atom. The number of halogens is 2. The van der Waals surface area contributed by atoms with Gasteiger partial charge in [-0.25, -0.2) is 8.78 Å². The second-order valence-electron chi connectivity index (χ2n) is 4.87. The van der Waals surface area contributed by atoms with Crippen molar-refractivity contribution < 1.29 is 8.78 Å². The van der Waals surface area contributed by atoms with Crippen molar-refractivity contribution >= 4 is 0 Å². The van der Waals surface area contributed by atoms with Crippen molar-refractivity contribution in [2.45, 2.75) is 38.0 Å². The van der Waals surface area contributed by atoms with Crippen LogP contribution in [0.25, 0.3) is 0 Å². The molecule has 92 valence electrons. The van der Waals surface area contributed by atoms with Gasteiger partial charge in [0.05, 0.1) is 6.33 Å². The van der Waals surface area contributed by atoms with Crippen LogP contribution in [0.5, 0.6) is 0 Å². The normalized spacial score (nSPS) is 25.3. The number of hydrogen-bond donors (Lipinski definition) is 0. The van der Waals surface area contributed by atoms with Gasteiger partial charge in [-0.1, -0.05) is 18.2 Å². The second-order valence-corrected chi connectivity index (χ2v) is 4.87. The summed E-state index contributed by atoms with van der Waals surface area (Å²) in [5.41, 5.74) is 1.24. The molecule has 1 aromatic rings. The quantitative estimate of drug-likeness (QED) is 0.694. The summed E-state index contributed by atoms with van der Waals surface area (Å²) in [6, 6.07) is 6.85. The smallest absolute Gasteiger partial charge is 0.123 e. The molecule has 17 heavy (non-hydrogen) atoms. The highest BCUT2D eigenvalue weighted by molar-refractivity contribution is 5.20. The Kier molecular flexibility index (Phi) is 4.29. The minimum absolute atomic E-state index is 0.171. The minimum Gasteiger partial charge on any atom is -0.216 e. The van der Waals surface area contributed by atoms with Crippen molar-refractivity contribution in [1.29, 1.82) is 0 Å². The first-order valence-corrected chi connectivity index (χ1v) is 6.30. The van der Waals surface area contributed by atoms with Gasteiger partial charge in [-0.15, -0.1) is 0 Å². The van der Waals surface area contributed by atoms with Crippen LogP contribution in [0.15, 0.2) is 36.7 Å². The van der Waals surface area contributed by atoms with Crippen molar-refractivity contribution in [2.75, 3.05) is 0 Å². The van der Waals surface area contributed by atoms with E-state index in [0.29, 0.717) is 18.2 Å². The summed E-state index contributed by atoms with van der Waals surface area (Å²) in [5.74, 6) is 1.01. The Bertz CT molecular complexity index is 359. The average molecular weight is 236 g/mol. The maximum Gasteiger partial charge on any atom is 0.123 e. The van der Waals surface area contributed by atoms with Gasteiger partial charge in [-0.05, 0) is 61.6 Å². The van der Waals surface area contributed by atoms with Crippen LogP contribution < -0.4 is 0 Å². The Hall–Kier alpha value is -1.18. The fourth-order valence-corrected chi connectivity index (χ4v) is 2.71. The van der Waals surface area contributed by atoms with E-state index in [0.717, 1.165) is 32.1 Å². The lowest BCUT2D eigenvalue weighted by molar-refractivity contribution is 0.327. The van der Waals surface area contributed by atoms with Crippen molar-refractivity contribution in [2.24, 2.45) is 5.92 Å². The van der Waals surface area contributed by atoms with Gasteiger partial charge in [0.15, 0.2) is 0 Å². The largest absolute Gasteiger partial charge is 0.216 e. The predicted molar refractivity (Wildman–Crippen MR) is 66.0 cm³/mol. The maximum absolute atomic E-state index is 12.8. The number of hydrogen-bond acceptors (Lipinski definition) is 0. The van der Waals surface area contributed by atoms with E-state index in [1.165, 1.54) is 17.7 Å². The third-order valence-corrected chi connectivity index (χ3v) is 3.75. The molecule has 0 spiro atoms. The van der Waals surface area contributed by atoms with E-state index in [9.17, 15) is 8.78 Å². The molecule has 1 fully saturated rings. The zero-order valence-corrected chi connectivity index (χ0v) is 9.91. The van der Waals surface area contributed by atoms with E-state index in [4.69, 9.17) is 0 Å². The van der Waals surface area contributed by atoms with Gasteiger partial charge in [0.1, 0.15) is 5.82 Å². The Morgan fingerprint density at radius 1 is 1.06 bits per heavy atom. The molecule has 1 saturated carbocycles. The van der Waals surface area contributed by atoms with Crippen LogP contribution in [0, 0.1) is 11.7 Å². The van der Waals surface area contributed by atoms with Crippen molar-refractivity contribution in [1.82, 2.24) is 0 Å². The van der Waals surface area contributed by atoms with E-state index >= 15 is 0 Å². The molecule has 0 aliphatic heterocycles. The molecule has 0 N–H and O–H groups in total.